The molecule has 9 nitrogen and oxygen atoms in total. The molecule has 0 spiro atoms. The van der Waals surface area contributed by atoms with Crippen molar-refractivity contribution >= 4 is 39.6 Å². The summed E-state index contributed by atoms with van der Waals surface area (Å²) in [6.45, 7) is 0. The maximum atomic E-state index is 12.6. The van der Waals surface area contributed by atoms with Gasteiger partial charge in [0.1, 0.15) is 11.4 Å². The number of nitrogens with one attached hydrogen (secondary N) is 1. The number of rotatable bonds is 3. The summed E-state index contributed by atoms with van der Waals surface area (Å²) in [5.41, 5.74) is 0.0127. The molecule has 3 aromatic carbocycles. The van der Waals surface area contributed by atoms with Crippen LogP contribution in [-0.4, -0.2) is 21.6 Å². The highest BCUT2D eigenvalue weighted by molar-refractivity contribution is 6.24. The minimum Gasteiger partial charge on any atom is -0.306 e. The first kappa shape index (κ1) is 16.3. The third-order valence-corrected chi connectivity index (χ3v) is 4.24. The second-order valence-electron chi connectivity index (χ2n) is 5.81. The number of non-ortho nitro benzene ring substituents is 1. The molecule has 0 radical (unpaired) electrons. The lowest BCUT2D eigenvalue weighted by atomic mass is 10.0. The topological polar surface area (TPSA) is 128 Å². The van der Waals surface area contributed by atoms with E-state index in [2.05, 4.69) is 10.3 Å². The summed E-state index contributed by atoms with van der Waals surface area (Å²) in [7, 11) is 0. The zero-order valence-electron chi connectivity index (χ0n) is 13.6. The van der Waals surface area contributed by atoms with Crippen molar-refractivity contribution in [3.8, 4) is 0 Å². The lowest BCUT2D eigenvalue weighted by Gasteiger charge is -2.07. The molecule has 0 aliphatic carbocycles. The van der Waals surface area contributed by atoms with Crippen molar-refractivity contribution in [2.24, 2.45) is 4.99 Å². The van der Waals surface area contributed by atoms with E-state index in [1.165, 1.54) is 0 Å². The second-order valence-corrected chi connectivity index (χ2v) is 5.81. The molecule has 1 aliphatic heterocycles. The average molecular weight is 362 g/mol. The number of carbonyl (C=O) groups is 1. The summed E-state index contributed by atoms with van der Waals surface area (Å²) in [6, 6.07) is 14.0. The molecule has 1 amide bonds. The molecule has 9 heteroatoms. The zero-order valence-corrected chi connectivity index (χ0v) is 13.6. The van der Waals surface area contributed by atoms with E-state index in [9.17, 15) is 25.0 Å². The van der Waals surface area contributed by atoms with E-state index in [1.54, 1.807) is 12.1 Å². The molecule has 0 aromatic heterocycles. The molecule has 0 saturated heterocycles. The first-order valence-electron chi connectivity index (χ1n) is 7.80. The van der Waals surface area contributed by atoms with Crippen LogP contribution in [0.4, 0.5) is 17.1 Å². The summed E-state index contributed by atoms with van der Waals surface area (Å²) in [6.07, 6.45) is 0. The fourth-order valence-electron chi connectivity index (χ4n) is 3.04. The first-order valence-corrected chi connectivity index (χ1v) is 7.80. The van der Waals surface area contributed by atoms with Crippen LogP contribution in [0.3, 0.4) is 0 Å². The van der Waals surface area contributed by atoms with Crippen molar-refractivity contribution in [3.63, 3.8) is 0 Å². The molecule has 0 unspecified atom stereocenters. The molecule has 132 valence electrons. The number of benzene rings is 3. The van der Waals surface area contributed by atoms with Crippen molar-refractivity contribution in [2.45, 2.75) is 0 Å². The van der Waals surface area contributed by atoms with Gasteiger partial charge in [-0.15, -0.1) is 0 Å². The van der Waals surface area contributed by atoms with Crippen molar-refractivity contribution in [2.75, 3.05) is 0 Å². The molecule has 1 N–H and O–H groups in total. The number of nitro benzene ring substituents is 2. The number of hydrogen-bond donors (Lipinski definition) is 1. The van der Waals surface area contributed by atoms with Crippen LogP contribution in [-0.2, 0) is 0 Å². The van der Waals surface area contributed by atoms with E-state index in [-0.39, 0.29) is 11.4 Å². The number of carbonyl (C=O) groups excluding carboxylic acids is 1. The fraction of sp³-hybridized carbons (Fsp3) is 0. The number of amides is 1. The lowest BCUT2D eigenvalue weighted by Crippen LogP contribution is -2.30. The van der Waals surface area contributed by atoms with Gasteiger partial charge in [0.05, 0.1) is 21.6 Å². The van der Waals surface area contributed by atoms with Crippen LogP contribution >= 0.6 is 0 Å². The minimum atomic E-state index is -0.826. The van der Waals surface area contributed by atoms with Gasteiger partial charge in [0.25, 0.3) is 17.3 Å². The van der Waals surface area contributed by atoms with E-state index in [4.69, 9.17) is 0 Å². The molecule has 27 heavy (non-hydrogen) atoms. The Labute approximate surface area is 151 Å². The van der Waals surface area contributed by atoms with Crippen LogP contribution < -0.4 is 5.32 Å². The highest BCUT2D eigenvalue weighted by Crippen LogP contribution is 2.35. The third kappa shape index (κ3) is 2.67. The van der Waals surface area contributed by atoms with Crippen LogP contribution in [0.5, 0.6) is 0 Å². The quantitative estimate of drug-likeness (QED) is 0.563. The van der Waals surface area contributed by atoms with E-state index in [1.807, 2.05) is 24.3 Å². The van der Waals surface area contributed by atoms with Crippen molar-refractivity contribution in [1.82, 2.24) is 5.32 Å². The summed E-state index contributed by atoms with van der Waals surface area (Å²) < 4.78 is 0. The number of aliphatic imine (C=N–C) groups is 1. The van der Waals surface area contributed by atoms with E-state index in [0.717, 1.165) is 29.0 Å². The van der Waals surface area contributed by atoms with Crippen LogP contribution in [0.2, 0.25) is 0 Å². The number of hydrogen-bond acceptors (Lipinski definition) is 6. The van der Waals surface area contributed by atoms with E-state index >= 15 is 0 Å². The SMILES string of the molecule is O=C(NC1=Nc2cccc3cccc1c23)c1ccc([N+](=O)[O-])cc1[N+](=O)[O-]. The predicted octanol–water partition coefficient (Wildman–Crippen LogP) is 3.48. The second kappa shape index (κ2) is 5.99. The molecule has 1 heterocycles. The molecule has 1 aliphatic rings. The molecule has 4 rings (SSSR count). The monoisotopic (exact) mass is 362 g/mol. The lowest BCUT2D eigenvalue weighted by molar-refractivity contribution is -0.394. The summed E-state index contributed by atoms with van der Waals surface area (Å²) in [4.78, 5) is 37.5. The number of nitrogens with zero attached hydrogens (tertiary/aromatic N) is 3. The largest absolute Gasteiger partial charge is 0.306 e. The molecule has 0 bridgehead atoms. The maximum absolute atomic E-state index is 12.6. The van der Waals surface area contributed by atoms with E-state index in [0.29, 0.717) is 11.3 Å². The van der Waals surface area contributed by atoms with Gasteiger partial charge < -0.3 is 5.32 Å². The summed E-state index contributed by atoms with van der Waals surface area (Å²) in [5.74, 6) is -0.486. The first-order chi connectivity index (χ1) is 13.0. The fourth-order valence-corrected chi connectivity index (χ4v) is 3.04. The van der Waals surface area contributed by atoms with Gasteiger partial charge in [0, 0.05) is 17.0 Å². The van der Waals surface area contributed by atoms with Gasteiger partial charge in [-0.25, -0.2) is 4.99 Å². The average Bonchev–Trinajstić information content (AvgIpc) is 3.01. The summed E-state index contributed by atoms with van der Waals surface area (Å²) in [5, 5.41) is 26.5. The third-order valence-electron chi connectivity index (χ3n) is 4.24. The van der Waals surface area contributed by atoms with Gasteiger partial charge in [0.15, 0.2) is 0 Å². The Bertz CT molecular complexity index is 1180. The summed E-state index contributed by atoms with van der Waals surface area (Å²) >= 11 is 0. The van der Waals surface area contributed by atoms with Gasteiger partial charge in [-0.05, 0) is 17.5 Å². The molecule has 0 fully saturated rings. The molecular formula is C18H10N4O5. The molecular weight excluding hydrogens is 352 g/mol. The van der Waals surface area contributed by atoms with Crippen molar-refractivity contribution in [3.05, 3.63) is 86.0 Å². The Kier molecular flexibility index (Phi) is 3.62. The zero-order chi connectivity index (χ0) is 19.1. The smallest absolute Gasteiger partial charge is 0.289 e. The number of nitro groups is 2. The normalized spacial score (nSPS) is 11.9. The Balaban J connectivity index is 1.71. The highest BCUT2D eigenvalue weighted by atomic mass is 16.6. The Hall–Kier alpha value is -4.14. The highest BCUT2D eigenvalue weighted by Gasteiger charge is 2.26. The molecule has 0 atom stereocenters. The maximum Gasteiger partial charge on any atom is 0.289 e. The van der Waals surface area contributed by atoms with E-state index < -0.39 is 27.1 Å². The Morgan fingerprint density at radius 3 is 2.41 bits per heavy atom. The van der Waals surface area contributed by atoms with Crippen LogP contribution in [0, 0.1) is 20.2 Å². The number of amidine groups is 1. The van der Waals surface area contributed by atoms with Crippen LogP contribution in [0.25, 0.3) is 10.8 Å². The Morgan fingerprint density at radius 2 is 1.70 bits per heavy atom. The predicted molar refractivity (Wildman–Crippen MR) is 97.4 cm³/mol. The van der Waals surface area contributed by atoms with Gasteiger partial charge in [-0.1, -0.05) is 30.3 Å². The Morgan fingerprint density at radius 1 is 0.963 bits per heavy atom. The molecule has 3 aromatic rings. The molecule has 0 saturated carbocycles. The van der Waals surface area contributed by atoms with Gasteiger partial charge in [-0.3, -0.25) is 25.0 Å². The van der Waals surface area contributed by atoms with Gasteiger partial charge in [-0.2, -0.15) is 0 Å². The van der Waals surface area contributed by atoms with Gasteiger partial charge in [0.2, 0.25) is 0 Å². The van der Waals surface area contributed by atoms with Crippen LogP contribution in [0.15, 0.2) is 59.6 Å². The standard InChI is InChI=1S/C18H10N4O5/c23-18(12-8-7-11(21(24)25)9-15(12)22(26)27)20-17-13-5-1-3-10-4-2-6-14(19-17)16(10)13/h1-9H,(H,19,20,23). The minimum absolute atomic E-state index is 0.277. The van der Waals surface area contributed by atoms with Gasteiger partial charge >= 0.3 is 0 Å². The van der Waals surface area contributed by atoms with Crippen molar-refractivity contribution < 1.29 is 14.6 Å². The van der Waals surface area contributed by atoms with Crippen molar-refractivity contribution in [1.29, 1.82) is 0 Å². The van der Waals surface area contributed by atoms with Crippen LogP contribution in [0.1, 0.15) is 15.9 Å².